The lowest BCUT2D eigenvalue weighted by molar-refractivity contribution is -0.139. The third kappa shape index (κ3) is 3.78. The predicted molar refractivity (Wildman–Crippen MR) is 75.4 cm³/mol. The summed E-state index contributed by atoms with van der Waals surface area (Å²) in [5.41, 5.74) is 0.896. The Hall–Kier alpha value is -1.39. The first kappa shape index (κ1) is 14.0. The highest BCUT2D eigenvalue weighted by Gasteiger charge is 2.24. The average molecular weight is 262 g/mol. The smallest absolute Gasteiger partial charge is 0.312 e. The number of carboxylic acid groups (broad SMARTS) is 1. The van der Waals surface area contributed by atoms with Crippen molar-refractivity contribution in [1.82, 2.24) is 9.80 Å². The standard InChI is InChI=1S/C15H22N2O2/c1-2-16-8-10-17(11-9-16)12-14(15(18)19)13-6-4-3-5-7-13/h3-7,14H,2,8-12H2,1H3,(H,18,19). The van der Waals surface area contributed by atoms with E-state index in [-0.39, 0.29) is 0 Å². The van der Waals surface area contributed by atoms with Gasteiger partial charge < -0.3 is 10.0 Å². The van der Waals surface area contributed by atoms with Gasteiger partial charge in [-0.15, -0.1) is 0 Å². The summed E-state index contributed by atoms with van der Waals surface area (Å²) in [6.45, 7) is 7.86. The zero-order chi connectivity index (χ0) is 13.7. The van der Waals surface area contributed by atoms with Gasteiger partial charge in [-0.2, -0.15) is 0 Å². The molecule has 1 aromatic carbocycles. The second-order valence-corrected chi connectivity index (χ2v) is 5.04. The minimum Gasteiger partial charge on any atom is -0.481 e. The van der Waals surface area contributed by atoms with E-state index >= 15 is 0 Å². The van der Waals surface area contributed by atoms with E-state index in [0.717, 1.165) is 38.3 Å². The van der Waals surface area contributed by atoms with Crippen LogP contribution in [-0.4, -0.2) is 60.1 Å². The van der Waals surface area contributed by atoms with Gasteiger partial charge >= 0.3 is 5.97 Å². The van der Waals surface area contributed by atoms with Crippen LogP contribution < -0.4 is 0 Å². The summed E-state index contributed by atoms with van der Waals surface area (Å²) in [4.78, 5) is 16.1. The lowest BCUT2D eigenvalue weighted by Crippen LogP contribution is -2.47. The molecule has 1 heterocycles. The Morgan fingerprint density at radius 2 is 1.74 bits per heavy atom. The Bertz CT molecular complexity index is 400. The molecule has 4 heteroatoms. The van der Waals surface area contributed by atoms with Crippen molar-refractivity contribution in [2.75, 3.05) is 39.3 Å². The van der Waals surface area contributed by atoms with Gasteiger partial charge in [-0.1, -0.05) is 37.3 Å². The van der Waals surface area contributed by atoms with Crippen molar-refractivity contribution >= 4 is 5.97 Å². The highest BCUT2D eigenvalue weighted by molar-refractivity contribution is 5.76. The lowest BCUT2D eigenvalue weighted by atomic mass is 9.98. The van der Waals surface area contributed by atoms with Crippen LogP contribution in [0.2, 0.25) is 0 Å². The van der Waals surface area contributed by atoms with E-state index in [1.54, 1.807) is 0 Å². The van der Waals surface area contributed by atoms with Crippen LogP contribution in [0, 0.1) is 0 Å². The zero-order valence-electron chi connectivity index (χ0n) is 11.5. The molecule has 4 nitrogen and oxygen atoms in total. The molecule has 0 bridgehead atoms. The fourth-order valence-electron chi connectivity index (χ4n) is 2.56. The van der Waals surface area contributed by atoms with Crippen LogP contribution in [0.4, 0.5) is 0 Å². The number of hydrogen-bond acceptors (Lipinski definition) is 3. The van der Waals surface area contributed by atoms with E-state index < -0.39 is 11.9 Å². The van der Waals surface area contributed by atoms with Crippen LogP contribution >= 0.6 is 0 Å². The van der Waals surface area contributed by atoms with Crippen molar-refractivity contribution in [3.8, 4) is 0 Å². The van der Waals surface area contributed by atoms with Gasteiger partial charge in [-0.05, 0) is 12.1 Å². The van der Waals surface area contributed by atoms with Crippen molar-refractivity contribution < 1.29 is 9.90 Å². The summed E-state index contributed by atoms with van der Waals surface area (Å²) in [5, 5.41) is 9.42. The molecule has 1 saturated heterocycles. The van der Waals surface area contributed by atoms with Crippen LogP contribution in [-0.2, 0) is 4.79 Å². The maximum absolute atomic E-state index is 11.5. The molecule has 1 aliphatic heterocycles. The number of carbonyl (C=O) groups is 1. The Balaban J connectivity index is 1.97. The van der Waals surface area contributed by atoms with Gasteiger partial charge in [0.1, 0.15) is 0 Å². The van der Waals surface area contributed by atoms with Crippen LogP contribution in [0.1, 0.15) is 18.4 Å². The first-order chi connectivity index (χ1) is 9.20. The Morgan fingerprint density at radius 3 is 2.26 bits per heavy atom. The normalized spacial score (nSPS) is 19.2. The third-order valence-electron chi connectivity index (χ3n) is 3.85. The average Bonchev–Trinajstić information content (AvgIpc) is 2.46. The number of hydrogen-bond donors (Lipinski definition) is 1. The van der Waals surface area contributed by atoms with Crippen molar-refractivity contribution in [2.45, 2.75) is 12.8 Å². The van der Waals surface area contributed by atoms with Crippen molar-refractivity contribution in [2.24, 2.45) is 0 Å². The molecular formula is C15H22N2O2. The number of carboxylic acids is 1. The second-order valence-electron chi connectivity index (χ2n) is 5.04. The number of aliphatic carboxylic acids is 1. The Morgan fingerprint density at radius 1 is 1.16 bits per heavy atom. The van der Waals surface area contributed by atoms with E-state index in [0.29, 0.717) is 6.54 Å². The van der Waals surface area contributed by atoms with Gasteiger partial charge in [0.05, 0.1) is 5.92 Å². The van der Waals surface area contributed by atoms with E-state index in [9.17, 15) is 9.90 Å². The number of likely N-dealkylation sites (N-methyl/N-ethyl adjacent to an activating group) is 1. The summed E-state index contributed by atoms with van der Waals surface area (Å²) in [5.74, 6) is -1.15. The highest BCUT2D eigenvalue weighted by Crippen LogP contribution is 2.18. The van der Waals surface area contributed by atoms with E-state index in [4.69, 9.17) is 0 Å². The quantitative estimate of drug-likeness (QED) is 0.873. The molecule has 1 atom stereocenters. The van der Waals surface area contributed by atoms with Crippen LogP contribution in [0.3, 0.4) is 0 Å². The molecule has 19 heavy (non-hydrogen) atoms. The maximum atomic E-state index is 11.5. The molecule has 104 valence electrons. The Labute approximate surface area is 114 Å². The van der Waals surface area contributed by atoms with Gasteiger partial charge in [-0.25, -0.2) is 0 Å². The van der Waals surface area contributed by atoms with Gasteiger partial charge in [0.25, 0.3) is 0 Å². The molecule has 0 amide bonds. The number of piperazine rings is 1. The van der Waals surface area contributed by atoms with Gasteiger partial charge in [-0.3, -0.25) is 9.69 Å². The molecule has 1 fully saturated rings. The highest BCUT2D eigenvalue weighted by atomic mass is 16.4. The fourth-order valence-corrected chi connectivity index (χ4v) is 2.56. The van der Waals surface area contributed by atoms with Crippen LogP contribution in [0.5, 0.6) is 0 Å². The topological polar surface area (TPSA) is 43.8 Å². The summed E-state index contributed by atoms with van der Waals surface area (Å²) < 4.78 is 0. The molecule has 1 aromatic rings. The first-order valence-corrected chi connectivity index (χ1v) is 6.93. The lowest BCUT2D eigenvalue weighted by Gasteiger charge is -2.35. The minimum absolute atomic E-state index is 0.422. The molecular weight excluding hydrogens is 240 g/mol. The Kier molecular flexibility index (Phi) is 4.93. The second kappa shape index (κ2) is 6.68. The first-order valence-electron chi connectivity index (χ1n) is 6.93. The molecule has 0 radical (unpaired) electrons. The third-order valence-corrected chi connectivity index (χ3v) is 3.85. The van der Waals surface area contributed by atoms with Crippen molar-refractivity contribution in [3.63, 3.8) is 0 Å². The zero-order valence-corrected chi connectivity index (χ0v) is 11.5. The van der Waals surface area contributed by atoms with Crippen LogP contribution in [0.25, 0.3) is 0 Å². The molecule has 1 aliphatic rings. The molecule has 0 spiro atoms. The van der Waals surface area contributed by atoms with E-state index in [1.165, 1.54) is 0 Å². The number of benzene rings is 1. The monoisotopic (exact) mass is 262 g/mol. The summed E-state index contributed by atoms with van der Waals surface area (Å²) in [7, 11) is 0. The predicted octanol–water partition coefficient (Wildman–Crippen LogP) is 1.49. The van der Waals surface area contributed by atoms with Crippen molar-refractivity contribution in [1.29, 1.82) is 0 Å². The largest absolute Gasteiger partial charge is 0.481 e. The van der Waals surface area contributed by atoms with E-state index in [2.05, 4.69) is 16.7 Å². The van der Waals surface area contributed by atoms with E-state index in [1.807, 2.05) is 30.3 Å². The number of nitrogens with zero attached hydrogens (tertiary/aromatic N) is 2. The maximum Gasteiger partial charge on any atom is 0.312 e. The molecule has 0 aromatic heterocycles. The summed E-state index contributed by atoms with van der Waals surface area (Å²) in [6.07, 6.45) is 0. The minimum atomic E-state index is -0.732. The molecule has 1 N–H and O–H groups in total. The summed E-state index contributed by atoms with van der Waals surface area (Å²) in [6, 6.07) is 9.53. The van der Waals surface area contributed by atoms with Gasteiger partial charge in [0, 0.05) is 32.7 Å². The SMILES string of the molecule is CCN1CCN(CC(C(=O)O)c2ccccc2)CC1. The molecule has 0 saturated carbocycles. The molecule has 1 unspecified atom stereocenters. The van der Waals surface area contributed by atoms with Gasteiger partial charge in [0.15, 0.2) is 0 Å². The van der Waals surface area contributed by atoms with Gasteiger partial charge in [0.2, 0.25) is 0 Å². The molecule has 0 aliphatic carbocycles. The summed E-state index contributed by atoms with van der Waals surface area (Å²) >= 11 is 0. The van der Waals surface area contributed by atoms with Crippen molar-refractivity contribution in [3.05, 3.63) is 35.9 Å². The van der Waals surface area contributed by atoms with Crippen LogP contribution in [0.15, 0.2) is 30.3 Å². The molecule has 2 rings (SSSR count). The number of rotatable bonds is 5. The fraction of sp³-hybridized carbons (Fsp3) is 0.533.